The van der Waals surface area contributed by atoms with Gasteiger partial charge in [0.05, 0.1) is 0 Å². The van der Waals surface area contributed by atoms with E-state index in [1.54, 1.807) is 0 Å². The summed E-state index contributed by atoms with van der Waals surface area (Å²) in [6.07, 6.45) is 0. The van der Waals surface area contributed by atoms with Crippen molar-refractivity contribution < 1.29 is 0 Å². The maximum absolute atomic E-state index is 3.87. The summed E-state index contributed by atoms with van der Waals surface area (Å²) < 4.78 is 0. The van der Waals surface area contributed by atoms with Gasteiger partial charge in [-0.15, -0.1) is 0 Å². The molecule has 14 heavy (non-hydrogen) atoms. The van der Waals surface area contributed by atoms with Gasteiger partial charge in [-0.25, -0.2) is 0 Å². The summed E-state index contributed by atoms with van der Waals surface area (Å²) in [7, 11) is 0. The molecule has 0 fully saturated rings. The standard InChI is InChI=1S/C10H12.2C2H6/c1-8(2)10-6-4-5-9(3)7-10;2*1-2/h4-7H,1H2,2-3H3;2*1-2H3. The summed E-state index contributed by atoms with van der Waals surface area (Å²) in [5.41, 5.74) is 3.66. The summed E-state index contributed by atoms with van der Waals surface area (Å²) in [6, 6.07) is 8.36. The van der Waals surface area contributed by atoms with E-state index in [4.69, 9.17) is 0 Å². The van der Waals surface area contributed by atoms with Gasteiger partial charge < -0.3 is 0 Å². The third-order valence-corrected chi connectivity index (χ3v) is 1.51. The first-order valence-corrected chi connectivity index (χ1v) is 5.42. The van der Waals surface area contributed by atoms with E-state index in [-0.39, 0.29) is 0 Å². The van der Waals surface area contributed by atoms with Crippen molar-refractivity contribution in [3.63, 3.8) is 0 Å². The Morgan fingerprint density at radius 2 is 1.57 bits per heavy atom. The van der Waals surface area contributed by atoms with Crippen molar-refractivity contribution >= 4 is 5.57 Å². The number of hydrogen-bond acceptors (Lipinski definition) is 0. The minimum absolute atomic E-state index is 1.13. The Balaban J connectivity index is 0. The maximum atomic E-state index is 3.87. The largest absolute Gasteiger partial charge is 0.0955 e. The van der Waals surface area contributed by atoms with Gasteiger partial charge >= 0.3 is 0 Å². The lowest BCUT2D eigenvalue weighted by atomic mass is 10.1. The molecule has 0 heteroatoms. The molecule has 0 aromatic heterocycles. The molecule has 1 aromatic rings. The molecule has 0 saturated carbocycles. The Labute approximate surface area is 89.7 Å². The van der Waals surface area contributed by atoms with Gasteiger partial charge in [0, 0.05) is 0 Å². The highest BCUT2D eigenvalue weighted by molar-refractivity contribution is 5.61. The van der Waals surface area contributed by atoms with Crippen molar-refractivity contribution in [1.29, 1.82) is 0 Å². The van der Waals surface area contributed by atoms with Crippen molar-refractivity contribution in [2.75, 3.05) is 0 Å². The number of benzene rings is 1. The quantitative estimate of drug-likeness (QED) is 0.582. The molecule has 80 valence electrons. The van der Waals surface area contributed by atoms with Crippen LogP contribution in [0.2, 0.25) is 0 Å². The van der Waals surface area contributed by atoms with Gasteiger partial charge in [-0.3, -0.25) is 0 Å². The van der Waals surface area contributed by atoms with E-state index in [1.165, 1.54) is 11.1 Å². The fraction of sp³-hybridized carbons (Fsp3) is 0.429. The van der Waals surface area contributed by atoms with E-state index in [2.05, 4.69) is 37.8 Å². The molecule has 1 aromatic carbocycles. The predicted molar refractivity (Wildman–Crippen MR) is 68.6 cm³/mol. The molecular weight excluding hydrogens is 168 g/mol. The topological polar surface area (TPSA) is 0 Å². The third-order valence-electron chi connectivity index (χ3n) is 1.51. The van der Waals surface area contributed by atoms with Crippen molar-refractivity contribution in [3.05, 3.63) is 42.0 Å². The molecule has 0 bridgehead atoms. The molecule has 0 amide bonds. The molecule has 0 aliphatic heterocycles. The summed E-state index contributed by atoms with van der Waals surface area (Å²) in [6.45, 7) is 16.0. The fourth-order valence-corrected chi connectivity index (χ4v) is 0.911. The van der Waals surface area contributed by atoms with Crippen LogP contribution in [0.25, 0.3) is 5.57 Å². The molecule has 0 N–H and O–H groups in total. The summed E-state index contributed by atoms with van der Waals surface area (Å²) >= 11 is 0. The normalized spacial score (nSPS) is 7.57. The molecule has 0 heterocycles. The van der Waals surface area contributed by atoms with Crippen LogP contribution in [0.3, 0.4) is 0 Å². The lowest BCUT2D eigenvalue weighted by Crippen LogP contribution is -1.77. The van der Waals surface area contributed by atoms with Gasteiger partial charge in [0.2, 0.25) is 0 Å². The Kier molecular flexibility index (Phi) is 11.1. The monoisotopic (exact) mass is 192 g/mol. The molecule has 0 saturated heterocycles. The van der Waals surface area contributed by atoms with Gasteiger partial charge in [-0.1, -0.05) is 69.7 Å². The number of hydrogen-bond donors (Lipinski definition) is 0. The summed E-state index contributed by atoms with van der Waals surface area (Å²) in [5.74, 6) is 0. The summed E-state index contributed by atoms with van der Waals surface area (Å²) in [5, 5.41) is 0. The zero-order chi connectivity index (χ0) is 11.6. The van der Waals surface area contributed by atoms with Crippen LogP contribution in [-0.2, 0) is 0 Å². The Bertz CT molecular complexity index is 246. The minimum Gasteiger partial charge on any atom is -0.0955 e. The smallest absolute Gasteiger partial charge is 0.0231 e. The van der Waals surface area contributed by atoms with Crippen LogP contribution in [0.15, 0.2) is 30.8 Å². The molecule has 0 radical (unpaired) electrons. The molecule has 0 spiro atoms. The highest BCUT2D eigenvalue weighted by atomic mass is 14.0. The fourth-order valence-electron chi connectivity index (χ4n) is 0.911. The SMILES string of the molecule is C=C(C)c1cccc(C)c1.CC.CC. The lowest BCUT2D eigenvalue weighted by molar-refractivity contribution is 1.44. The first-order valence-electron chi connectivity index (χ1n) is 5.42. The van der Waals surface area contributed by atoms with Crippen LogP contribution in [0.1, 0.15) is 45.7 Å². The van der Waals surface area contributed by atoms with Crippen LogP contribution >= 0.6 is 0 Å². The van der Waals surface area contributed by atoms with E-state index in [9.17, 15) is 0 Å². The van der Waals surface area contributed by atoms with Gasteiger partial charge in [0.1, 0.15) is 0 Å². The Morgan fingerprint density at radius 3 is 1.86 bits per heavy atom. The van der Waals surface area contributed by atoms with E-state index >= 15 is 0 Å². The lowest BCUT2D eigenvalue weighted by Gasteiger charge is -1.98. The zero-order valence-electron chi connectivity index (χ0n) is 10.5. The van der Waals surface area contributed by atoms with Gasteiger partial charge in [-0.05, 0) is 19.4 Å². The van der Waals surface area contributed by atoms with Crippen molar-refractivity contribution in [2.45, 2.75) is 41.5 Å². The first-order chi connectivity index (χ1) is 6.70. The molecule has 0 aliphatic carbocycles. The van der Waals surface area contributed by atoms with Gasteiger partial charge in [-0.2, -0.15) is 0 Å². The Morgan fingerprint density at radius 1 is 1.07 bits per heavy atom. The number of aryl methyl sites for hydroxylation is 1. The van der Waals surface area contributed by atoms with Gasteiger partial charge in [0.25, 0.3) is 0 Å². The van der Waals surface area contributed by atoms with Crippen LogP contribution in [-0.4, -0.2) is 0 Å². The van der Waals surface area contributed by atoms with Crippen molar-refractivity contribution in [1.82, 2.24) is 0 Å². The second-order valence-electron chi connectivity index (χ2n) is 2.65. The van der Waals surface area contributed by atoms with Crippen LogP contribution in [0.4, 0.5) is 0 Å². The molecular formula is C14H24. The van der Waals surface area contributed by atoms with E-state index < -0.39 is 0 Å². The minimum atomic E-state index is 1.13. The van der Waals surface area contributed by atoms with Gasteiger partial charge in [0.15, 0.2) is 0 Å². The van der Waals surface area contributed by atoms with Crippen LogP contribution in [0, 0.1) is 6.92 Å². The first kappa shape index (κ1) is 15.4. The number of allylic oxidation sites excluding steroid dienone is 1. The Hall–Kier alpha value is -1.04. The second-order valence-corrected chi connectivity index (χ2v) is 2.65. The van der Waals surface area contributed by atoms with E-state index in [1.807, 2.05) is 34.6 Å². The zero-order valence-corrected chi connectivity index (χ0v) is 10.5. The van der Waals surface area contributed by atoms with Crippen molar-refractivity contribution in [3.8, 4) is 0 Å². The highest BCUT2D eigenvalue weighted by Gasteiger charge is 1.90. The average molecular weight is 192 g/mol. The van der Waals surface area contributed by atoms with Crippen LogP contribution in [0.5, 0.6) is 0 Å². The third kappa shape index (κ3) is 6.47. The molecule has 0 unspecified atom stereocenters. The summed E-state index contributed by atoms with van der Waals surface area (Å²) in [4.78, 5) is 0. The maximum Gasteiger partial charge on any atom is -0.0231 e. The van der Waals surface area contributed by atoms with E-state index in [0.717, 1.165) is 5.57 Å². The molecule has 1 rings (SSSR count). The molecule has 0 aliphatic rings. The number of rotatable bonds is 1. The molecule has 0 nitrogen and oxygen atoms in total. The van der Waals surface area contributed by atoms with Crippen molar-refractivity contribution in [2.24, 2.45) is 0 Å². The second kappa shape index (κ2) is 10.0. The van der Waals surface area contributed by atoms with E-state index in [0.29, 0.717) is 0 Å². The average Bonchev–Trinajstić information content (AvgIpc) is 2.24. The predicted octanol–water partition coefficient (Wildman–Crippen LogP) is 5.08. The molecule has 0 atom stereocenters. The van der Waals surface area contributed by atoms with Crippen LogP contribution < -0.4 is 0 Å². The highest BCUT2D eigenvalue weighted by Crippen LogP contribution is 2.11.